The molecule has 5 nitrogen and oxygen atoms in total. The van der Waals surface area contributed by atoms with E-state index in [0.29, 0.717) is 6.42 Å². The van der Waals surface area contributed by atoms with Crippen molar-refractivity contribution in [1.82, 2.24) is 0 Å². The first-order chi connectivity index (χ1) is 20.5. The van der Waals surface area contributed by atoms with Gasteiger partial charge in [-0.05, 0) is 45.1 Å². The number of rotatable bonds is 29. The van der Waals surface area contributed by atoms with Gasteiger partial charge in [0.1, 0.15) is 0 Å². The average Bonchev–Trinajstić information content (AvgIpc) is 2.99. The summed E-state index contributed by atoms with van der Waals surface area (Å²) in [6.07, 6.45) is 38.7. The van der Waals surface area contributed by atoms with Crippen LogP contribution in [-0.2, 0) is 14.6 Å². The zero-order chi connectivity index (χ0) is 32.4. The molecule has 258 valence electrons. The van der Waals surface area contributed by atoms with E-state index in [1.165, 1.54) is 148 Å². The number of hydrogen-bond acceptors (Lipinski definition) is 4. The molecule has 0 saturated carbocycles. The topological polar surface area (TPSA) is 89.6 Å². The summed E-state index contributed by atoms with van der Waals surface area (Å²) in [6.45, 7) is 13.5. The van der Waals surface area contributed by atoms with Crippen LogP contribution in [0.5, 0.6) is 0 Å². The molecule has 0 saturated heterocycles. The Morgan fingerprint density at radius 1 is 0.500 bits per heavy atom. The highest BCUT2D eigenvalue weighted by molar-refractivity contribution is 7.80. The Bertz CT molecular complexity index is 553. The van der Waals surface area contributed by atoms with Gasteiger partial charge in [-0.2, -0.15) is 8.42 Å². The van der Waals surface area contributed by atoms with Gasteiger partial charge in [0, 0.05) is 0 Å². The largest absolute Gasteiger partial charge is 0.397 e. The molecule has 0 aromatic carbocycles. The van der Waals surface area contributed by atoms with Crippen LogP contribution in [0, 0.1) is 0 Å². The lowest BCUT2D eigenvalue weighted by molar-refractivity contribution is 0.261. The molecule has 0 bridgehead atoms. The molecule has 6 heteroatoms. The maximum atomic E-state index is 10.2. The lowest BCUT2D eigenvalue weighted by Gasteiger charge is -2.02. The second-order valence-corrected chi connectivity index (χ2v) is 12.0. The number of allylic oxidation sites excluding steroid dienone is 2. The SMILES string of the molecule is CC.CC.CCCCCCCCCC/C=C\CCCCCCCCN.CCCCCCCCCCCCOS(=O)(=O)O. The van der Waals surface area contributed by atoms with Gasteiger partial charge in [-0.3, -0.25) is 4.55 Å². The Kier molecular flexibility index (Phi) is 54.8. The minimum absolute atomic E-state index is 0.0926. The summed E-state index contributed by atoms with van der Waals surface area (Å²) < 4.78 is 33.0. The first-order valence-corrected chi connectivity index (χ1v) is 19.8. The summed E-state index contributed by atoms with van der Waals surface area (Å²) in [4.78, 5) is 0. The first-order valence-electron chi connectivity index (χ1n) is 18.4. The highest BCUT2D eigenvalue weighted by atomic mass is 32.3. The lowest BCUT2D eigenvalue weighted by Crippen LogP contribution is -2.04. The van der Waals surface area contributed by atoms with Crippen LogP contribution in [0.15, 0.2) is 12.2 Å². The van der Waals surface area contributed by atoms with Gasteiger partial charge in [-0.1, -0.05) is 182 Å². The Labute approximate surface area is 266 Å². The van der Waals surface area contributed by atoms with Gasteiger partial charge in [-0.15, -0.1) is 0 Å². The Morgan fingerprint density at radius 2 is 0.786 bits per heavy atom. The van der Waals surface area contributed by atoms with Crippen LogP contribution in [0.3, 0.4) is 0 Å². The number of nitrogens with two attached hydrogens (primary N) is 1. The van der Waals surface area contributed by atoms with Gasteiger partial charge < -0.3 is 5.73 Å². The average molecular weight is 622 g/mol. The first kappa shape index (κ1) is 48.5. The van der Waals surface area contributed by atoms with Crippen LogP contribution in [0.1, 0.15) is 208 Å². The number of unbranched alkanes of at least 4 members (excludes halogenated alkanes) is 23. The normalized spacial score (nSPS) is 10.9. The smallest absolute Gasteiger partial charge is 0.330 e. The van der Waals surface area contributed by atoms with Crippen molar-refractivity contribution in [2.75, 3.05) is 13.2 Å². The van der Waals surface area contributed by atoms with Gasteiger partial charge in [0.25, 0.3) is 0 Å². The third-order valence-corrected chi connectivity index (χ3v) is 7.41. The van der Waals surface area contributed by atoms with Gasteiger partial charge in [-0.25, -0.2) is 4.18 Å². The summed E-state index contributed by atoms with van der Waals surface area (Å²) in [5.74, 6) is 0. The monoisotopic (exact) mass is 622 g/mol. The van der Waals surface area contributed by atoms with E-state index < -0.39 is 10.4 Å². The fraction of sp³-hybridized carbons (Fsp3) is 0.944. The highest BCUT2D eigenvalue weighted by Crippen LogP contribution is 2.12. The van der Waals surface area contributed by atoms with E-state index in [0.717, 1.165) is 19.4 Å². The van der Waals surface area contributed by atoms with E-state index in [-0.39, 0.29) is 6.61 Å². The molecule has 0 radical (unpaired) electrons. The fourth-order valence-electron chi connectivity index (χ4n) is 4.50. The third kappa shape index (κ3) is 59.1. The summed E-state index contributed by atoms with van der Waals surface area (Å²) in [5.41, 5.74) is 5.49. The highest BCUT2D eigenvalue weighted by Gasteiger charge is 2.02. The predicted molar refractivity (Wildman–Crippen MR) is 190 cm³/mol. The van der Waals surface area contributed by atoms with E-state index in [2.05, 4.69) is 30.2 Å². The van der Waals surface area contributed by atoms with Crippen LogP contribution < -0.4 is 5.73 Å². The third-order valence-electron chi connectivity index (χ3n) is 6.95. The zero-order valence-corrected chi connectivity index (χ0v) is 30.4. The lowest BCUT2D eigenvalue weighted by atomic mass is 10.1. The van der Waals surface area contributed by atoms with Crippen LogP contribution in [0.4, 0.5) is 0 Å². The quantitative estimate of drug-likeness (QED) is 0.0492. The van der Waals surface area contributed by atoms with Crippen LogP contribution in [0.25, 0.3) is 0 Å². The molecule has 0 fully saturated rings. The van der Waals surface area contributed by atoms with Crippen LogP contribution in [0.2, 0.25) is 0 Å². The van der Waals surface area contributed by atoms with Gasteiger partial charge in [0.2, 0.25) is 0 Å². The van der Waals surface area contributed by atoms with E-state index in [1.807, 2.05) is 27.7 Å². The summed E-state index contributed by atoms with van der Waals surface area (Å²) >= 11 is 0. The van der Waals surface area contributed by atoms with E-state index in [4.69, 9.17) is 10.3 Å². The number of hydrogen-bond donors (Lipinski definition) is 2. The summed E-state index contributed by atoms with van der Waals surface area (Å²) in [6, 6.07) is 0. The van der Waals surface area contributed by atoms with E-state index in [1.54, 1.807) is 0 Å². The van der Waals surface area contributed by atoms with Crippen molar-refractivity contribution in [3.05, 3.63) is 12.2 Å². The minimum atomic E-state index is -4.23. The molecule has 0 aromatic rings. The molecule has 0 amide bonds. The summed E-state index contributed by atoms with van der Waals surface area (Å²) in [5, 5.41) is 0. The molecule has 42 heavy (non-hydrogen) atoms. The van der Waals surface area contributed by atoms with Crippen molar-refractivity contribution in [2.45, 2.75) is 208 Å². The fourth-order valence-corrected chi connectivity index (χ4v) is 4.83. The van der Waals surface area contributed by atoms with Gasteiger partial charge in [0.15, 0.2) is 0 Å². The molecule has 0 aliphatic rings. The predicted octanol–water partition coefficient (Wildman–Crippen LogP) is 12.5. The summed E-state index contributed by atoms with van der Waals surface area (Å²) in [7, 11) is -4.23. The van der Waals surface area contributed by atoms with Crippen molar-refractivity contribution in [2.24, 2.45) is 5.73 Å². The maximum absolute atomic E-state index is 10.2. The molecular formula is C36H79NO4S. The Balaban J connectivity index is -0.000000312. The second kappa shape index (κ2) is 47.5. The van der Waals surface area contributed by atoms with Crippen LogP contribution >= 0.6 is 0 Å². The molecular weight excluding hydrogens is 542 g/mol. The molecule has 0 aliphatic carbocycles. The standard InChI is InChI=1S/C20H41N.C12H26O4S.2C2H6/c1-2-3-4-5-6-7-8-9-10-11-12-13-14-15-16-17-18-19-20-21;1-2-3-4-5-6-7-8-9-10-11-12-16-17(13,14)15;2*1-2/h11-12H,2-10,13-21H2,1H3;2-12H2,1H3,(H,13,14,15);2*1-2H3/b12-11-;;;. The maximum Gasteiger partial charge on any atom is 0.397 e. The zero-order valence-electron chi connectivity index (χ0n) is 29.6. The van der Waals surface area contributed by atoms with E-state index >= 15 is 0 Å². The van der Waals surface area contributed by atoms with E-state index in [9.17, 15) is 8.42 Å². The van der Waals surface area contributed by atoms with Crippen molar-refractivity contribution < 1.29 is 17.2 Å². The minimum Gasteiger partial charge on any atom is -0.330 e. The Morgan fingerprint density at radius 3 is 1.10 bits per heavy atom. The van der Waals surface area contributed by atoms with Crippen molar-refractivity contribution >= 4 is 10.4 Å². The molecule has 0 aromatic heterocycles. The molecule has 0 rings (SSSR count). The molecule has 0 spiro atoms. The van der Waals surface area contributed by atoms with Gasteiger partial charge >= 0.3 is 10.4 Å². The van der Waals surface area contributed by atoms with Crippen molar-refractivity contribution in [3.8, 4) is 0 Å². The Hall–Kier alpha value is -0.430. The molecule has 0 aliphatic heterocycles. The molecule has 3 N–H and O–H groups in total. The van der Waals surface area contributed by atoms with Crippen LogP contribution in [-0.4, -0.2) is 26.1 Å². The second-order valence-electron chi connectivity index (χ2n) is 10.9. The van der Waals surface area contributed by atoms with Crippen molar-refractivity contribution in [3.63, 3.8) is 0 Å². The molecule has 0 unspecified atom stereocenters. The van der Waals surface area contributed by atoms with Gasteiger partial charge in [0.05, 0.1) is 6.61 Å². The molecule has 0 atom stereocenters. The molecule has 0 heterocycles. The van der Waals surface area contributed by atoms with Crippen molar-refractivity contribution in [1.29, 1.82) is 0 Å².